The van der Waals surface area contributed by atoms with Crippen LogP contribution < -0.4 is 16.2 Å². The molecule has 0 spiro atoms. The van der Waals surface area contributed by atoms with Crippen molar-refractivity contribution in [2.24, 2.45) is 11.8 Å². The SMILES string of the molecule is C[C@@H]1[C@H](C)CCC[C@H]1Nc1c(-c2ccc(Cl)cc2)c(=O)c1=O. The number of rotatable bonds is 3. The standard InChI is InChI=1S/C18H20ClNO2/c1-10-4-3-5-14(11(10)2)20-16-15(17(21)18(16)22)12-6-8-13(19)9-7-12/h6-11,14,20H,3-5H2,1-2H3/t10-,11-,14-/m1/s1. The quantitative estimate of drug-likeness (QED) is 0.875. The predicted molar refractivity (Wildman–Crippen MR) is 91.4 cm³/mol. The molecular formula is C18H20ClNO2. The molecule has 0 amide bonds. The summed E-state index contributed by atoms with van der Waals surface area (Å²) in [6.07, 6.45) is 3.44. The molecule has 0 saturated heterocycles. The number of benzene rings is 1. The van der Waals surface area contributed by atoms with E-state index in [-0.39, 0.29) is 6.04 Å². The predicted octanol–water partition coefficient (Wildman–Crippen LogP) is 3.84. The Bertz CT molecular complexity index is 743. The van der Waals surface area contributed by atoms with Crippen LogP contribution in [0.5, 0.6) is 0 Å². The van der Waals surface area contributed by atoms with E-state index in [1.807, 2.05) is 0 Å². The van der Waals surface area contributed by atoms with E-state index in [4.69, 9.17) is 11.6 Å². The third-order valence-electron chi connectivity index (χ3n) is 5.08. The van der Waals surface area contributed by atoms with Gasteiger partial charge in [0, 0.05) is 11.1 Å². The normalized spacial score (nSPS) is 25.3. The van der Waals surface area contributed by atoms with Crippen molar-refractivity contribution in [3.05, 3.63) is 49.7 Å². The maximum Gasteiger partial charge on any atom is 0.250 e. The molecule has 1 saturated carbocycles. The Labute approximate surface area is 135 Å². The average Bonchev–Trinajstić information content (AvgIpc) is 2.52. The van der Waals surface area contributed by atoms with Crippen LogP contribution in [-0.4, -0.2) is 6.04 Å². The summed E-state index contributed by atoms with van der Waals surface area (Å²) in [5, 5.41) is 3.97. The number of halogens is 1. The summed E-state index contributed by atoms with van der Waals surface area (Å²) in [6.45, 7) is 4.47. The first-order chi connectivity index (χ1) is 10.5. The molecule has 2 aromatic rings. The van der Waals surface area contributed by atoms with Gasteiger partial charge in [0.15, 0.2) is 0 Å². The molecule has 4 heteroatoms. The zero-order valence-corrected chi connectivity index (χ0v) is 13.6. The van der Waals surface area contributed by atoms with Gasteiger partial charge in [-0.05, 0) is 36.0 Å². The molecule has 1 aliphatic rings. The molecule has 3 nitrogen and oxygen atoms in total. The molecule has 0 bridgehead atoms. The first kappa shape index (κ1) is 15.3. The molecule has 0 unspecified atom stereocenters. The van der Waals surface area contributed by atoms with Crippen LogP contribution in [0.1, 0.15) is 33.1 Å². The van der Waals surface area contributed by atoms with Crippen molar-refractivity contribution >= 4 is 17.3 Å². The van der Waals surface area contributed by atoms with Gasteiger partial charge in [0.2, 0.25) is 10.9 Å². The van der Waals surface area contributed by atoms with Crippen LogP contribution in [0.2, 0.25) is 5.02 Å². The van der Waals surface area contributed by atoms with Gasteiger partial charge in [-0.3, -0.25) is 9.59 Å². The molecule has 2 aromatic carbocycles. The molecule has 0 heterocycles. The van der Waals surface area contributed by atoms with Crippen molar-refractivity contribution in [3.8, 4) is 11.1 Å². The topological polar surface area (TPSA) is 46.2 Å². The van der Waals surface area contributed by atoms with Crippen LogP contribution in [0, 0.1) is 11.8 Å². The molecular weight excluding hydrogens is 298 g/mol. The van der Waals surface area contributed by atoms with Crippen LogP contribution in [-0.2, 0) is 0 Å². The van der Waals surface area contributed by atoms with Gasteiger partial charge in [-0.25, -0.2) is 0 Å². The Balaban J connectivity index is 1.89. The second kappa shape index (κ2) is 5.88. The highest BCUT2D eigenvalue weighted by Gasteiger charge is 2.30. The van der Waals surface area contributed by atoms with Crippen molar-refractivity contribution in [2.45, 2.75) is 39.2 Å². The summed E-state index contributed by atoms with van der Waals surface area (Å²) in [5.74, 6) is 1.13. The minimum atomic E-state index is -0.402. The Hall–Kier alpha value is -1.61. The molecule has 0 radical (unpaired) electrons. The van der Waals surface area contributed by atoms with Crippen molar-refractivity contribution in [1.29, 1.82) is 0 Å². The van der Waals surface area contributed by atoms with Crippen LogP contribution in [0.25, 0.3) is 11.1 Å². The lowest BCUT2D eigenvalue weighted by molar-refractivity contribution is 0.253. The average molecular weight is 318 g/mol. The molecule has 1 aliphatic carbocycles. The Morgan fingerprint density at radius 1 is 1.05 bits per heavy atom. The van der Waals surface area contributed by atoms with Crippen LogP contribution in [0.15, 0.2) is 33.9 Å². The van der Waals surface area contributed by atoms with Gasteiger partial charge >= 0.3 is 0 Å². The molecule has 0 aliphatic heterocycles. The summed E-state index contributed by atoms with van der Waals surface area (Å²) in [6, 6.07) is 7.32. The summed E-state index contributed by atoms with van der Waals surface area (Å²) in [7, 11) is 0. The summed E-state index contributed by atoms with van der Waals surface area (Å²) in [4.78, 5) is 23.9. The van der Waals surface area contributed by atoms with Crippen LogP contribution in [0.3, 0.4) is 0 Å². The van der Waals surface area contributed by atoms with Crippen molar-refractivity contribution < 1.29 is 0 Å². The number of anilines is 1. The van der Waals surface area contributed by atoms with E-state index in [2.05, 4.69) is 19.2 Å². The fourth-order valence-electron chi connectivity index (χ4n) is 3.39. The fourth-order valence-corrected chi connectivity index (χ4v) is 3.52. The number of hydrogen-bond donors (Lipinski definition) is 1. The van der Waals surface area contributed by atoms with Gasteiger partial charge in [-0.15, -0.1) is 0 Å². The van der Waals surface area contributed by atoms with E-state index < -0.39 is 10.9 Å². The molecule has 1 fully saturated rings. The highest BCUT2D eigenvalue weighted by Crippen LogP contribution is 2.33. The van der Waals surface area contributed by atoms with E-state index >= 15 is 0 Å². The van der Waals surface area contributed by atoms with Gasteiger partial charge in [-0.2, -0.15) is 0 Å². The highest BCUT2D eigenvalue weighted by molar-refractivity contribution is 6.30. The summed E-state index contributed by atoms with van der Waals surface area (Å²) in [5.41, 5.74) is 0.954. The maximum absolute atomic E-state index is 12.0. The molecule has 22 heavy (non-hydrogen) atoms. The van der Waals surface area contributed by atoms with E-state index in [0.717, 1.165) is 18.4 Å². The van der Waals surface area contributed by atoms with E-state index in [1.165, 1.54) is 6.42 Å². The van der Waals surface area contributed by atoms with Crippen molar-refractivity contribution in [2.75, 3.05) is 5.32 Å². The van der Waals surface area contributed by atoms with Crippen LogP contribution >= 0.6 is 11.6 Å². The first-order valence-electron chi connectivity index (χ1n) is 7.85. The monoisotopic (exact) mass is 317 g/mol. The smallest absolute Gasteiger partial charge is 0.250 e. The van der Waals surface area contributed by atoms with E-state index in [9.17, 15) is 9.59 Å². The minimum absolute atomic E-state index is 0.262. The molecule has 3 atom stereocenters. The van der Waals surface area contributed by atoms with Gasteiger partial charge < -0.3 is 5.32 Å². The van der Waals surface area contributed by atoms with Crippen molar-refractivity contribution in [1.82, 2.24) is 0 Å². The molecule has 1 N–H and O–H groups in total. The van der Waals surface area contributed by atoms with E-state index in [1.54, 1.807) is 24.3 Å². The molecule has 0 aromatic heterocycles. The van der Waals surface area contributed by atoms with Gasteiger partial charge in [0.05, 0.1) is 11.3 Å². The molecule has 116 valence electrons. The van der Waals surface area contributed by atoms with E-state index in [0.29, 0.717) is 28.1 Å². The Morgan fingerprint density at radius 2 is 1.73 bits per heavy atom. The summed E-state index contributed by atoms with van der Waals surface area (Å²) < 4.78 is 0. The lowest BCUT2D eigenvalue weighted by Crippen LogP contribution is -2.42. The third-order valence-corrected chi connectivity index (χ3v) is 5.33. The van der Waals surface area contributed by atoms with Gasteiger partial charge in [-0.1, -0.05) is 50.4 Å². The largest absolute Gasteiger partial charge is 0.378 e. The van der Waals surface area contributed by atoms with Gasteiger partial charge in [0.25, 0.3) is 0 Å². The lowest BCUT2D eigenvalue weighted by atomic mass is 9.77. The minimum Gasteiger partial charge on any atom is -0.378 e. The third kappa shape index (κ3) is 2.58. The Kier molecular flexibility index (Phi) is 4.09. The Morgan fingerprint density at radius 3 is 2.41 bits per heavy atom. The van der Waals surface area contributed by atoms with Crippen LogP contribution in [0.4, 0.5) is 5.69 Å². The van der Waals surface area contributed by atoms with Gasteiger partial charge in [0.1, 0.15) is 0 Å². The summed E-state index contributed by atoms with van der Waals surface area (Å²) >= 11 is 5.89. The van der Waals surface area contributed by atoms with Crippen molar-refractivity contribution in [3.63, 3.8) is 0 Å². The number of nitrogens with one attached hydrogen (secondary N) is 1. The second-order valence-electron chi connectivity index (χ2n) is 6.43. The molecule has 3 rings (SSSR count). The first-order valence-corrected chi connectivity index (χ1v) is 8.22. The number of hydrogen-bond acceptors (Lipinski definition) is 3. The fraction of sp³-hybridized carbons (Fsp3) is 0.444. The zero-order chi connectivity index (χ0) is 15.9. The lowest BCUT2D eigenvalue weighted by Gasteiger charge is -2.35. The highest BCUT2D eigenvalue weighted by atomic mass is 35.5. The zero-order valence-electron chi connectivity index (χ0n) is 12.9. The second-order valence-corrected chi connectivity index (χ2v) is 6.87. The maximum atomic E-state index is 12.0.